The SMILES string of the molecule is CCCCC1(CCCC)c2ccc(-c3ccc(F)c(-c4ccccn4)c3)nc2-c2c(O)cccc21. The van der Waals surface area contributed by atoms with Crippen molar-refractivity contribution in [1.29, 1.82) is 0 Å². The Morgan fingerprint density at radius 1 is 0.829 bits per heavy atom. The largest absolute Gasteiger partial charge is 0.507 e. The van der Waals surface area contributed by atoms with Gasteiger partial charge in [0.15, 0.2) is 0 Å². The molecule has 2 aromatic heterocycles. The number of phenolic OH excluding ortho intramolecular Hbond substituents is 1. The van der Waals surface area contributed by atoms with Crippen LogP contribution in [0.4, 0.5) is 4.39 Å². The molecule has 1 aliphatic carbocycles. The predicted octanol–water partition coefficient (Wildman–Crippen LogP) is 8.30. The zero-order chi connectivity index (χ0) is 24.4. The van der Waals surface area contributed by atoms with Crippen molar-refractivity contribution >= 4 is 0 Å². The van der Waals surface area contributed by atoms with E-state index in [9.17, 15) is 9.50 Å². The highest BCUT2D eigenvalue weighted by atomic mass is 19.1. The first-order chi connectivity index (χ1) is 17.1. The van der Waals surface area contributed by atoms with Gasteiger partial charge in [-0.1, -0.05) is 63.8 Å². The molecule has 1 aliphatic rings. The number of halogens is 1. The van der Waals surface area contributed by atoms with E-state index >= 15 is 0 Å². The molecule has 3 nitrogen and oxygen atoms in total. The van der Waals surface area contributed by atoms with Gasteiger partial charge in [-0.05, 0) is 66.4 Å². The van der Waals surface area contributed by atoms with Gasteiger partial charge in [0.05, 0.1) is 17.1 Å². The maximum atomic E-state index is 14.7. The smallest absolute Gasteiger partial charge is 0.132 e. The molecule has 0 fully saturated rings. The number of phenols is 1. The van der Waals surface area contributed by atoms with Gasteiger partial charge < -0.3 is 5.11 Å². The van der Waals surface area contributed by atoms with Gasteiger partial charge in [-0.15, -0.1) is 0 Å². The average molecular weight is 467 g/mol. The zero-order valence-corrected chi connectivity index (χ0v) is 20.4. The molecule has 2 heterocycles. The Morgan fingerprint density at radius 2 is 1.63 bits per heavy atom. The van der Waals surface area contributed by atoms with Crippen LogP contribution >= 0.6 is 0 Å². The second-order valence-electron chi connectivity index (χ2n) is 9.49. The molecule has 4 heteroatoms. The van der Waals surface area contributed by atoms with Crippen molar-refractivity contribution in [1.82, 2.24) is 9.97 Å². The summed E-state index contributed by atoms with van der Waals surface area (Å²) in [6, 6.07) is 20.6. The summed E-state index contributed by atoms with van der Waals surface area (Å²) < 4.78 is 14.7. The van der Waals surface area contributed by atoms with Crippen LogP contribution in [0.25, 0.3) is 33.8 Å². The number of pyridine rings is 2. The van der Waals surface area contributed by atoms with Crippen LogP contribution in [0.3, 0.4) is 0 Å². The number of hydrogen-bond acceptors (Lipinski definition) is 3. The van der Waals surface area contributed by atoms with Crippen molar-refractivity contribution in [2.75, 3.05) is 0 Å². The number of nitrogens with zero attached hydrogens (tertiary/aromatic N) is 2. The first-order valence-corrected chi connectivity index (χ1v) is 12.6. The van der Waals surface area contributed by atoms with E-state index in [0.29, 0.717) is 11.3 Å². The lowest BCUT2D eigenvalue weighted by molar-refractivity contribution is 0.412. The minimum absolute atomic E-state index is 0.136. The average Bonchev–Trinajstić information content (AvgIpc) is 3.17. The highest BCUT2D eigenvalue weighted by molar-refractivity contribution is 5.84. The van der Waals surface area contributed by atoms with Crippen LogP contribution in [-0.4, -0.2) is 15.1 Å². The lowest BCUT2D eigenvalue weighted by Gasteiger charge is -2.32. The molecule has 35 heavy (non-hydrogen) atoms. The molecule has 0 aliphatic heterocycles. The number of unbranched alkanes of at least 4 members (excludes halogenated alkanes) is 2. The molecule has 5 rings (SSSR count). The van der Waals surface area contributed by atoms with E-state index in [1.165, 1.54) is 17.2 Å². The van der Waals surface area contributed by atoms with Gasteiger partial charge in [-0.3, -0.25) is 4.98 Å². The van der Waals surface area contributed by atoms with Gasteiger partial charge in [0.2, 0.25) is 0 Å². The molecule has 4 aromatic rings. The lowest BCUT2D eigenvalue weighted by atomic mass is 9.71. The van der Waals surface area contributed by atoms with Crippen molar-refractivity contribution in [2.24, 2.45) is 0 Å². The summed E-state index contributed by atoms with van der Waals surface area (Å²) in [6.07, 6.45) is 8.21. The van der Waals surface area contributed by atoms with Crippen molar-refractivity contribution in [2.45, 2.75) is 57.8 Å². The molecule has 2 aromatic carbocycles. The summed E-state index contributed by atoms with van der Waals surface area (Å²) in [5.74, 6) is -0.0358. The number of fused-ring (bicyclic) bond motifs is 3. The van der Waals surface area contributed by atoms with Gasteiger partial charge >= 0.3 is 0 Å². The van der Waals surface area contributed by atoms with Gasteiger partial charge in [0.1, 0.15) is 11.6 Å². The molecule has 0 spiro atoms. The van der Waals surface area contributed by atoms with Crippen LogP contribution in [0.2, 0.25) is 0 Å². The number of aromatic nitrogens is 2. The summed E-state index contributed by atoms with van der Waals surface area (Å²) in [5, 5.41) is 11.0. The van der Waals surface area contributed by atoms with Crippen molar-refractivity contribution in [3.8, 4) is 39.5 Å². The molecular weight excluding hydrogens is 435 g/mol. The van der Waals surface area contributed by atoms with Gasteiger partial charge in [0.25, 0.3) is 0 Å². The van der Waals surface area contributed by atoms with Gasteiger partial charge in [0, 0.05) is 28.3 Å². The standard InChI is InChI=1S/C31H31FN2O/c1-3-5-17-31(18-6-4-2)23-10-9-12-28(35)29(23)30-24(31)14-16-26(34-30)21-13-15-25(32)22(20-21)27-11-7-8-19-33-27/h7-16,19-20,35H,3-6,17-18H2,1-2H3. The Bertz CT molecular complexity index is 1340. The first kappa shape index (κ1) is 23.2. The molecule has 0 saturated carbocycles. The molecule has 0 atom stereocenters. The maximum absolute atomic E-state index is 14.7. The van der Waals surface area contributed by atoms with Crippen LogP contribution in [0.15, 0.2) is 72.9 Å². The maximum Gasteiger partial charge on any atom is 0.132 e. The Balaban J connectivity index is 1.67. The van der Waals surface area contributed by atoms with Crippen molar-refractivity contribution in [3.05, 3.63) is 89.9 Å². The molecule has 1 N–H and O–H groups in total. The van der Waals surface area contributed by atoms with Crippen LogP contribution in [0, 0.1) is 5.82 Å². The topological polar surface area (TPSA) is 46.0 Å². The Morgan fingerprint density at radius 3 is 2.34 bits per heavy atom. The third-order valence-electron chi connectivity index (χ3n) is 7.32. The fourth-order valence-electron chi connectivity index (χ4n) is 5.55. The summed E-state index contributed by atoms with van der Waals surface area (Å²) in [4.78, 5) is 9.43. The number of aromatic hydroxyl groups is 1. The highest BCUT2D eigenvalue weighted by Crippen LogP contribution is 2.56. The summed E-state index contributed by atoms with van der Waals surface area (Å²) >= 11 is 0. The van der Waals surface area contributed by atoms with E-state index in [4.69, 9.17) is 4.98 Å². The number of hydrogen-bond donors (Lipinski definition) is 1. The molecule has 0 radical (unpaired) electrons. The van der Waals surface area contributed by atoms with Crippen LogP contribution in [-0.2, 0) is 5.41 Å². The quantitative estimate of drug-likeness (QED) is 0.284. The third kappa shape index (κ3) is 4.01. The molecule has 0 amide bonds. The Kier molecular flexibility index (Phi) is 6.38. The van der Waals surface area contributed by atoms with E-state index < -0.39 is 0 Å². The minimum Gasteiger partial charge on any atom is -0.507 e. The number of benzene rings is 2. The van der Waals surface area contributed by atoms with Crippen LogP contribution in [0.1, 0.15) is 63.5 Å². The number of rotatable bonds is 8. The summed E-state index contributed by atoms with van der Waals surface area (Å²) in [6.45, 7) is 4.45. The molecule has 0 bridgehead atoms. The van der Waals surface area contributed by atoms with Crippen molar-refractivity contribution < 1.29 is 9.50 Å². The predicted molar refractivity (Wildman–Crippen MR) is 140 cm³/mol. The van der Waals surface area contributed by atoms with E-state index in [1.54, 1.807) is 18.3 Å². The highest BCUT2D eigenvalue weighted by Gasteiger charge is 2.44. The summed E-state index contributed by atoms with van der Waals surface area (Å²) in [5.41, 5.74) is 6.59. The molecule has 178 valence electrons. The third-order valence-corrected chi connectivity index (χ3v) is 7.32. The first-order valence-electron chi connectivity index (χ1n) is 12.6. The molecule has 0 saturated heterocycles. The Hall–Kier alpha value is -3.53. The molecule has 0 unspecified atom stereocenters. The monoisotopic (exact) mass is 466 g/mol. The van der Waals surface area contributed by atoms with Crippen LogP contribution in [0.5, 0.6) is 5.75 Å². The fourth-order valence-corrected chi connectivity index (χ4v) is 5.55. The second-order valence-corrected chi connectivity index (χ2v) is 9.49. The fraction of sp³-hybridized carbons (Fsp3) is 0.290. The van der Waals surface area contributed by atoms with Gasteiger partial charge in [-0.25, -0.2) is 9.37 Å². The Labute approximate surface area is 206 Å². The minimum atomic E-state index is -0.310. The van der Waals surface area contributed by atoms with E-state index in [1.807, 2.05) is 36.4 Å². The van der Waals surface area contributed by atoms with E-state index in [0.717, 1.165) is 61.0 Å². The lowest BCUT2D eigenvalue weighted by Crippen LogP contribution is -2.25. The second kappa shape index (κ2) is 9.61. The summed E-state index contributed by atoms with van der Waals surface area (Å²) in [7, 11) is 0. The van der Waals surface area contributed by atoms with Crippen molar-refractivity contribution in [3.63, 3.8) is 0 Å². The normalized spacial score (nSPS) is 13.5. The molecular formula is C31H31FN2O. The van der Waals surface area contributed by atoms with E-state index in [-0.39, 0.29) is 17.0 Å². The zero-order valence-electron chi connectivity index (χ0n) is 20.4. The van der Waals surface area contributed by atoms with Gasteiger partial charge in [-0.2, -0.15) is 0 Å². The van der Waals surface area contributed by atoms with Crippen LogP contribution < -0.4 is 0 Å². The van der Waals surface area contributed by atoms with E-state index in [2.05, 4.69) is 31.0 Å².